The number of benzene rings is 2. The Balaban J connectivity index is 1.75. The molecule has 4 heteroatoms. The van der Waals surface area contributed by atoms with Crippen LogP contribution in [0.3, 0.4) is 0 Å². The van der Waals surface area contributed by atoms with Crippen LogP contribution < -0.4 is 9.47 Å². The van der Waals surface area contributed by atoms with Gasteiger partial charge in [-0.25, -0.2) is 0 Å². The molecule has 0 saturated heterocycles. The Kier molecular flexibility index (Phi) is 4.17. The van der Waals surface area contributed by atoms with E-state index >= 15 is 0 Å². The molecule has 1 aliphatic rings. The zero-order valence-electron chi connectivity index (χ0n) is 11.8. The Labute approximate surface area is 132 Å². The monoisotopic (exact) mass is 348 g/mol. The number of para-hydroxylation sites is 1. The van der Waals surface area contributed by atoms with Crippen molar-refractivity contribution in [2.75, 3.05) is 13.2 Å². The minimum absolute atomic E-state index is 0.228. The van der Waals surface area contributed by atoms with E-state index in [1.807, 2.05) is 36.4 Å². The largest absolute Gasteiger partial charge is 0.493 e. The van der Waals surface area contributed by atoms with Crippen LogP contribution in [0.25, 0.3) is 0 Å². The zero-order valence-corrected chi connectivity index (χ0v) is 13.3. The number of rotatable bonds is 4. The molecule has 2 aromatic carbocycles. The molecule has 3 rings (SSSR count). The summed E-state index contributed by atoms with van der Waals surface area (Å²) >= 11 is 3.42. The fraction of sp³-hybridized carbons (Fsp3) is 0.294. The van der Waals surface area contributed by atoms with Gasteiger partial charge in [0, 0.05) is 15.6 Å². The first-order valence-electron chi connectivity index (χ1n) is 6.97. The third kappa shape index (κ3) is 3.06. The van der Waals surface area contributed by atoms with Crippen molar-refractivity contribution in [1.29, 1.82) is 0 Å². The molecule has 1 heterocycles. The van der Waals surface area contributed by atoms with Crippen molar-refractivity contribution >= 4 is 15.9 Å². The molecule has 2 atom stereocenters. The maximum absolute atomic E-state index is 9.85. The van der Waals surface area contributed by atoms with Crippen LogP contribution in [-0.4, -0.2) is 18.3 Å². The normalized spacial score (nSPS) is 18.0. The second-order valence-corrected chi connectivity index (χ2v) is 6.13. The SMILES string of the molecule is C[C@H](O)c1cc(Br)ccc1OCC1COc2ccccc21. The summed E-state index contributed by atoms with van der Waals surface area (Å²) in [5.74, 6) is 1.89. The van der Waals surface area contributed by atoms with Crippen LogP contribution in [0.1, 0.15) is 30.1 Å². The molecule has 1 N–H and O–H groups in total. The number of fused-ring (bicyclic) bond motifs is 1. The predicted molar refractivity (Wildman–Crippen MR) is 84.9 cm³/mol. The standard InChI is InChI=1S/C17H17BrO3/c1-11(19)15-8-13(18)6-7-17(15)21-10-12-9-20-16-5-3-2-4-14(12)16/h2-8,11-12,19H,9-10H2,1H3/t11-,12?/m0/s1. The van der Waals surface area contributed by atoms with E-state index in [0.29, 0.717) is 13.2 Å². The van der Waals surface area contributed by atoms with E-state index in [2.05, 4.69) is 22.0 Å². The quantitative estimate of drug-likeness (QED) is 0.905. The summed E-state index contributed by atoms with van der Waals surface area (Å²) in [7, 11) is 0. The lowest BCUT2D eigenvalue weighted by atomic mass is 10.0. The van der Waals surface area contributed by atoms with Crippen LogP contribution in [0, 0.1) is 0 Å². The van der Waals surface area contributed by atoms with E-state index < -0.39 is 6.10 Å². The van der Waals surface area contributed by atoms with Gasteiger partial charge in [-0.15, -0.1) is 0 Å². The maximum atomic E-state index is 9.85. The van der Waals surface area contributed by atoms with E-state index in [1.165, 1.54) is 5.56 Å². The Bertz CT molecular complexity index is 640. The van der Waals surface area contributed by atoms with Crippen LogP contribution in [0.2, 0.25) is 0 Å². The topological polar surface area (TPSA) is 38.7 Å². The lowest BCUT2D eigenvalue weighted by molar-refractivity contribution is 0.187. The zero-order chi connectivity index (χ0) is 14.8. The van der Waals surface area contributed by atoms with Gasteiger partial charge in [0.1, 0.15) is 11.5 Å². The van der Waals surface area contributed by atoms with Crippen molar-refractivity contribution in [3.05, 3.63) is 58.1 Å². The van der Waals surface area contributed by atoms with Crippen LogP contribution in [0.15, 0.2) is 46.9 Å². The summed E-state index contributed by atoms with van der Waals surface area (Å²) < 4.78 is 12.5. The highest BCUT2D eigenvalue weighted by molar-refractivity contribution is 9.10. The average molecular weight is 349 g/mol. The molecule has 0 radical (unpaired) electrons. The van der Waals surface area contributed by atoms with Crippen molar-refractivity contribution in [2.45, 2.75) is 18.9 Å². The van der Waals surface area contributed by atoms with Crippen molar-refractivity contribution in [1.82, 2.24) is 0 Å². The Hall–Kier alpha value is -1.52. The Morgan fingerprint density at radius 3 is 2.95 bits per heavy atom. The smallest absolute Gasteiger partial charge is 0.125 e. The molecule has 0 amide bonds. The highest BCUT2D eigenvalue weighted by atomic mass is 79.9. The highest BCUT2D eigenvalue weighted by Crippen LogP contribution is 2.35. The molecular formula is C17H17BrO3. The van der Waals surface area contributed by atoms with E-state index in [9.17, 15) is 5.11 Å². The van der Waals surface area contributed by atoms with Gasteiger partial charge < -0.3 is 14.6 Å². The molecule has 1 aliphatic heterocycles. The summed E-state index contributed by atoms with van der Waals surface area (Å²) in [5, 5.41) is 9.85. The fourth-order valence-corrected chi connectivity index (χ4v) is 2.91. The van der Waals surface area contributed by atoms with E-state index in [-0.39, 0.29) is 5.92 Å². The number of hydrogen-bond acceptors (Lipinski definition) is 3. The van der Waals surface area contributed by atoms with Gasteiger partial charge in [0.15, 0.2) is 0 Å². The minimum Gasteiger partial charge on any atom is -0.493 e. The lowest BCUT2D eigenvalue weighted by Crippen LogP contribution is -2.12. The van der Waals surface area contributed by atoms with E-state index in [4.69, 9.17) is 9.47 Å². The molecule has 21 heavy (non-hydrogen) atoms. The summed E-state index contributed by atoms with van der Waals surface area (Å²) in [4.78, 5) is 0. The average Bonchev–Trinajstić information content (AvgIpc) is 2.89. The molecule has 1 unspecified atom stereocenters. The Morgan fingerprint density at radius 1 is 1.33 bits per heavy atom. The molecule has 2 aromatic rings. The Morgan fingerprint density at radius 2 is 2.14 bits per heavy atom. The number of aliphatic hydroxyl groups is 1. The predicted octanol–water partition coefficient (Wildman–Crippen LogP) is 4.06. The van der Waals surface area contributed by atoms with Crippen molar-refractivity contribution < 1.29 is 14.6 Å². The van der Waals surface area contributed by atoms with Gasteiger partial charge in [-0.3, -0.25) is 0 Å². The number of hydrogen-bond donors (Lipinski definition) is 1. The molecule has 3 nitrogen and oxygen atoms in total. The van der Waals surface area contributed by atoms with Gasteiger partial charge >= 0.3 is 0 Å². The molecule has 0 fully saturated rings. The van der Waals surface area contributed by atoms with Crippen molar-refractivity contribution in [3.63, 3.8) is 0 Å². The van der Waals surface area contributed by atoms with Gasteiger partial charge in [-0.05, 0) is 31.2 Å². The molecule has 110 valence electrons. The lowest BCUT2D eigenvalue weighted by Gasteiger charge is -2.16. The van der Waals surface area contributed by atoms with Gasteiger partial charge in [-0.1, -0.05) is 34.1 Å². The van der Waals surface area contributed by atoms with Gasteiger partial charge in [0.05, 0.1) is 25.2 Å². The molecule has 0 saturated carbocycles. The summed E-state index contributed by atoms with van der Waals surface area (Å²) in [5.41, 5.74) is 1.98. The van der Waals surface area contributed by atoms with Gasteiger partial charge in [0.2, 0.25) is 0 Å². The van der Waals surface area contributed by atoms with Crippen molar-refractivity contribution in [2.24, 2.45) is 0 Å². The first-order valence-corrected chi connectivity index (χ1v) is 7.76. The molecular weight excluding hydrogens is 332 g/mol. The van der Waals surface area contributed by atoms with Crippen LogP contribution in [0.4, 0.5) is 0 Å². The second kappa shape index (κ2) is 6.08. The first kappa shape index (κ1) is 14.4. The second-order valence-electron chi connectivity index (χ2n) is 5.21. The van der Waals surface area contributed by atoms with Crippen molar-refractivity contribution in [3.8, 4) is 11.5 Å². The van der Waals surface area contributed by atoms with Crippen LogP contribution >= 0.6 is 15.9 Å². The van der Waals surface area contributed by atoms with Gasteiger partial charge in [0.25, 0.3) is 0 Å². The summed E-state index contributed by atoms with van der Waals surface area (Å²) in [6, 6.07) is 13.7. The summed E-state index contributed by atoms with van der Waals surface area (Å²) in [6.07, 6.45) is -0.565. The highest BCUT2D eigenvalue weighted by Gasteiger charge is 2.24. The molecule has 0 aliphatic carbocycles. The summed E-state index contributed by atoms with van der Waals surface area (Å²) in [6.45, 7) is 2.92. The van der Waals surface area contributed by atoms with Crippen LogP contribution in [-0.2, 0) is 0 Å². The third-order valence-electron chi connectivity index (χ3n) is 3.66. The number of ether oxygens (including phenoxy) is 2. The minimum atomic E-state index is -0.565. The number of halogens is 1. The third-order valence-corrected chi connectivity index (χ3v) is 4.15. The number of aliphatic hydroxyl groups excluding tert-OH is 1. The first-order chi connectivity index (χ1) is 10.1. The van der Waals surface area contributed by atoms with E-state index in [0.717, 1.165) is 21.5 Å². The van der Waals surface area contributed by atoms with E-state index in [1.54, 1.807) is 6.92 Å². The van der Waals surface area contributed by atoms with Crippen LogP contribution in [0.5, 0.6) is 11.5 Å². The molecule has 0 aromatic heterocycles. The fourth-order valence-electron chi connectivity index (χ4n) is 2.53. The molecule has 0 bridgehead atoms. The van der Waals surface area contributed by atoms with Gasteiger partial charge in [-0.2, -0.15) is 0 Å². The molecule has 0 spiro atoms. The maximum Gasteiger partial charge on any atom is 0.125 e.